The van der Waals surface area contributed by atoms with E-state index in [-0.39, 0.29) is 17.7 Å². The standard InChI is InChI=1S/C20H22N2O5/c23-19(21-15-6-7-16-18(12-15)27-11-3-10-25-16)14-4-1-8-22(13-14)20(24)17-5-2-9-26-17/h2,5-7,9,12,14H,1,3-4,8,10-11,13H2,(H,21,23)/t14-/m0/s1. The van der Waals surface area contributed by atoms with E-state index in [0.717, 1.165) is 19.3 Å². The fourth-order valence-corrected chi connectivity index (χ4v) is 3.42. The van der Waals surface area contributed by atoms with Gasteiger partial charge in [0.05, 0.1) is 25.4 Å². The van der Waals surface area contributed by atoms with Crippen molar-refractivity contribution in [2.45, 2.75) is 19.3 Å². The smallest absolute Gasteiger partial charge is 0.289 e. The van der Waals surface area contributed by atoms with Crippen molar-refractivity contribution in [3.05, 3.63) is 42.4 Å². The molecule has 1 N–H and O–H groups in total. The number of ether oxygens (including phenoxy) is 2. The van der Waals surface area contributed by atoms with Gasteiger partial charge in [-0.1, -0.05) is 0 Å². The van der Waals surface area contributed by atoms with Gasteiger partial charge in [-0.05, 0) is 37.1 Å². The molecule has 1 fully saturated rings. The molecule has 2 aliphatic rings. The third-order valence-corrected chi connectivity index (χ3v) is 4.83. The number of hydrogen-bond donors (Lipinski definition) is 1. The topological polar surface area (TPSA) is 81.0 Å². The normalized spacial score (nSPS) is 19.3. The van der Waals surface area contributed by atoms with Gasteiger partial charge in [-0.2, -0.15) is 0 Å². The van der Waals surface area contributed by atoms with Crippen LogP contribution in [-0.2, 0) is 4.79 Å². The zero-order valence-corrected chi connectivity index (χ0v) is 15.0. The number of benzene rings is 1. The van der Waals surface area contributed by atoms with Crippen molar-refractivity contribution in [3.8, 4) is 11.5 Å². The summed E-state index contributed by atoms with van der Waals surface area (Å²) in [5.41, 5.74) is 0.665. The Kier molecular flexibility index (Phi) is 5.00. The molecule has 0 aliphatic carbocycles. The van der Waals surface area contributed by atoms with Gasteiger partial charge in [-0.3, -0.25) is 9.59 Å². The van der Waals surface area contributed by atoms with Gasteiger partial charge >= 0.3 is 0 Å². The van der Waals surface area contributed by atoms with Gasteiger partial charge < -0.3 is 24.1 Å². The average molecular weight is 370 g/mol. The molecule has 2 amide bonds. The molecule has 0 bridgehead atoms. The minimum Gasteiger partial charge on any atom is -0.490 e. The molecule has 2 aliphatic heterocycles. The largest absolute Gasteiger partial charge is 0.490 e. The van der Waals surface area contributed by atoms with E-state index in [9.17, 15) is 9.59 Å². The number of hydrogen-bond acceptors (Lipinski definition) is 5. The summed E-state index contributed by atoms with van der Waals surface area (Å²) < 4.78 is 16.5. The summed E-state index contributed by atoms with van der Waals surface area (Å²) in [5, 5.41) is 2.94. The van der Waals surface area contributed by atoms with Gasteiger partial charge in [0.15, 0.2) is 17.3 Å². The molecular weight excluding hydrogens is 348 g/mol. The summed E-state index contributed by atoms with van der Waals surface area (Å²) in [7, 11) is 0. The van der Waals surface area contributed by atoms with Crippen molar-refractivity contribution >= 4 is 17.5 Å². The highest BCUT2D eigenvalue weighted by Crippen LogP contribution is 2.32. The maximum atomic E-state index is 12.7. The van der Waals surface area contributed by atoms with E-state index in [1.54, 1.807) is 29.2 Å². The molecule has 0 radical (unpaired) electrons. The molecule has 0 spiro atoms. The first-order valence-electron chi connectivity index (χ1n) is 9.24. The lowest BCUT2D eigenvalue weighted by Crippen LogP contribution is -2.43. The molecule has 1 aromatic carbocycles. The Morgan fingerprint density at radius 1 is 1.07 bits per heavy atom. The van der Waals surface area contributed by atoms with E-state index in [0.29, 0.717) is 49.2 Å². The predicted octanol–water partition coefficient (Wildman–Crippen LogP) is 2.93. The van der Waals surface area contributed by atoms with Crippen LogP contribution in [0.2, 0.25) is 0 Å². The SMILES string of the molecule is O=C(Nc1ccc2c(c1)OCCCO2)[C@H]1CCCN(C(=O)c2ccco2)C1. The number of nitrogens with zero attached hydrogens (tertiary/aromatic N) is 1. The summed E-state index contributed by atoms with van der Waals surface area (Å²) in [5.74, 6) is 1.11. The maximum absolute atomic E-state index is 12.7. The van der Waals surface area contributed by atoms with Gasteiger partial charge in [0.1, 0.15) is 0 Å². The molecule has 7 nitrogen and oxygen atoms in total. The van der Waals surface area contributed by atoms with Crippen molar-refractivity contribution in [1.82, 2.24) is 4.90 Å². The molecule has 4 rings (SSSR count). The summed E-state index contributed by atoms with van der Waals surface area (Å²) in [6.07, 6.45) is 3.84. The fourth-order valence-electron chi connectivity index (χ4n) is 3.42. The molecule has 1 atom stereocenters. The molecule has 7 heteroatoms. The van der Waals surface area contributed by atoms with Gasteiger partial charge in [0.2, 0.25) is 5.91 Å². The van der Waals surface area contributed by atoms with Crippen LogP contribution in [0, 0.1) is 5.92 Å². The molecule has 0 unspecified atom stereocenters. The Morgan fingerprint density at radius 2 is 1.93 bits per heavy atom. The molecule has 3 heterocycles. The number of furan rings is 1. The maximum Gasteiger partial charge on any atom is 0.289 e. The van der Waals surface area contributed by atoms with Crippen LogP contribution in [0.1, 0.15) is 29.8 Å². The summed E-state index contributed by atoms with van der Waals surface area (Å²) in [6, 6.07) is 8.73. The van der Waals surface area contributed by atoms with Crippen molar-refractivity contribution in [3.63, 3.8) is 0 Å². The number of rotatable bonds is 3. The van der Waals surface area contributed by atoms with E-state index >= 15 is 0 Å². The Bertz CT molecular complexity index is 818. The minimum absolute atomic E-state index is 0.0959. The highest BCUT2D eigenvalue weighted by atomic mass is 16.5. The van der Waals surface area contributed by atoms with Crippen LogP contribution in [0.4, 0.5) is 5.69 Å². The lowest BCUT2D eigenvalue weighted by atomic mass is 9.96. The van der Waals surface area contributed by atoms with E-state index in [2.05, 4.69) is 5.32 Å². The fraction of sp³-hybridized carbons (Fsp3) is 0.400. The number of piperidine rings is 1. The molecular formula is C20H22N2O5. The first-order chi connectivity index (χ1) is 13.2. The third kappa shape index (κ3) is 3.92. The quantitative estimate of drug-likeness (QED) is 0.898. The summed E-state index contributed by atoms with van der Waals surface area (Å²) in [6.45, 7) is 2.24. The van der Waals surface area contributed by atoms with Crippen LogP contribution in [0.25, 0.3) is 0 Å². The minimum atomic E-state index is -0.256. The van der Waals surface area contributed by atoms with Crippen molar-refractivity contribution < 1.29 is 23.5 Å². The van der Waals surface area contributed by atoms with Crippen LogP contribution in [-0.4, -0.2) is 43.0 Å². The number of anilines is 1. The number of likely N-dealkylation sites (tertiary alicyclic amines) is 1. The van der Waals surface area contributed by atoms with Gasteiger partial charge in [0, 0.05) is 31.3 Å². The van der Waals surface area contributed by atoms with Crippen molar-refractivity contribution in [2.75, 3.05) is 31.6 Å². The molecule has 0 saturated carbocycles. The van der Waals surface area contributed by atoms with Gasteiger partial charge in [-0.15, -0.1) is 0 Å². The molecule has 142 valence electrons. The Hall–Kier alpha value is -2.96. The number of carbonyl (C=O) groups is 2. The van der Waals surface area contributed by atoms with Crippen LogP contribution in [0.5, 0.6) is 11.5 Å². The highest BCUT2D eigenvalue weighted by molar-refractivity contribution is 5.95. The zero-order valence-electron chi connectivity index (χ0n) is 15.0. The first kappa shape index (κ1) is 17.5. The van der Waals surface area contributed by atoms with Crippen LogP contribution < -0.4 is 14.8 Å². The monoisotopic (exact) mass is 370 g/mol. The Labute approximate surface area is 157 Å². The molecule has 1 saturated heterocycles. The summed E-state index contributed by atoms with van der Waals surface area (Å²) in [4.78, 5) is 26.8. The van der Waals surface area contributed by atoms with Crippen LogP contribution >= 0.6 is 0 Å². The van der Waals surface area contributed by atoms with E-state index < -0.39 is 0 Å². The molecule has 1 aromatic heterocycles. The Morgan fingerprint density at radius 3 is 2.74 bits per heavy atom. The van der Waals surface area contributed by atoms with Crippen LogP contribution in [0.3, 0.4) is 0 Å². The lowest BCUT2D eigenvalue weighted by Gasteiger charge is -2.31. The highest BCUT2D eigenvalue weighted by Gasteiger charge is 2.30. The average Bonchev–Trinajstić information content (AvgIpc) is 3.13. The van der Waals surface area contributed by atoms with Gasteiger partial charge in [-0.25, -0.2) is 0 Å². The number of amides is 2. The number of carbonyl (C=O) groups excluding carboxylic acids is 2. The second-order valence-corrected chi connectivity index (χ2v) is 6.77. The van der Waals surface area contributed by atoms with Crippen molar-refractivity contribution in [2.24, 2.45) is 5.92 Å². The Balaban J connectivity index is 1.40. The molecule has 2 aromatic rings. The lowest BCUT2D eigenvalue weighted by molar-refractivity contribution is -0.121. The number of fused-ring (bicyclic) bond motifs is 1. The van der Waals surface area contributed by atoms with Crippen molar-refractivity contribution in [1.29, 1.82) is 0 Å². The van der Waals surface area contributed by atoms with E-state index in [4.69, 9.17) is 13.9 Å². The predicted molar refractivity (Wildman–Crippen MR) is 98.0 cm³/mol. The zero-order chi connectivity index (χ0) is 18.6. The van der Waals surface area contributed by atoms with E-state index in [1.165, 1.54) is 6.26 Å². The van der Waals surface area contributed by atoms with E-state index in [1.807, 2.05) is 6.07 Å². The second-order valence-electron chi connectivity index (χ2n) is 6.77. The van der Waals surface area contributed by atoms with Gasteiger partial charge in [0.25, 0.3) is 5.91 Å². The second kappa shape index (κ2) is 7.73. The summed E-state index contributed by atoms with van der Waals surface area (Å²) >= 11 is 0. The number of nitrogens with one attached hydrogen (secondary N) is 1. The molecule has 27 heavy (non-hydrogen) atoms. The first-order valence-corrected chi connectivity index (χ1v) is 9.24. The van der Waals surface area contributed by atoms with Crippen LogP contribution in [0.15, 0.2) is 41.0 Å². The third-order valence-electron chi connectivity index (χ3n) is 4.83.